The van der Waals surface area contributed by atoms with Crippen molar-refractivity contribution in [3.8, 4) is 5.75 Å². The first kappa shape index (κ1) is 11.4. The molecule has 1 aromatic carbocycles. The normalized spacial score (nSPS) is 13.5. The number of hydrogen-bond acceptors (Lipinski definition) is 4. The molecule has 0 atom stereocenters. The summed E-state index contributed by atoms with van der Waals surface area (Å²) >= 11 is 0. The number of nitrogens with zero attached hydrogens (tertiary/aromatic N) is 1. The molecule has 1 aromatic rings. The summed E-state index contributed by atoms with van der Waals surface area (Å²) in [5.41, 5.74) is 1.49. The summed E-state index contributed by atoms with van der Waals surface area (Å²) < 4.78 is 9.64. The van der Waals surface area contributed by atoms with Crippen molar-refractivity contribution in [2.75, 3.05) is 20.8 Å². The van der Waals surface area contributed by atoms with Crippen molar-refractivity contribution in [1.82, 2.24) is 4.90 Å². The molecule has 0 aliphatic carbocycles. The molecule has 2 rings (SSSR count). The fraction of sp³-hybridized carbons (Fsp3) is 0.333. The second kappa shape index (κ2) is 4.45. The second-order valence-corrected chi connectivity index (χ2v) is 3.76. The van der Waals surface area contributed by atoms with Crippen molar-refractivity contribution in [2.24, 2.45) is 0 Å². The molecule has 1 aliphatic rings. The van der Waals surface area contributed by atoms with Crippen molar-refractivity contribution >= 4 is 11.9 Å². The lowest BCUT2D eigenvalue weighted by atomic mass is 10.1. The van der Waals surface area contributed by atoms with Crippen LogP contribution in [0.5, 0.6) is 5.75 Å². The van der Waals surface area contributed by atoms with Crippen LogP contribution < -0.4 is 4.74 Å². The first-order valence-corrected chi connectivity index (χ1v) is 5.18. The third-order valence-corrected chi connectivity index (χ3v) is 2.74. The highest BCUT2D eigenvalue weighted by atomic mass is 16.5. The van der Waals surface area contributed by atoms with Crippen molar-refractivity contribution < 1.29 is 19.1 Å². The summed E-state index contributed by atoms with van der Waals surface area (Å²) in [5.74, 6) is 0.141. The zero-order valence-corrected chi connectivity index (χ0v) is 9.73. The Bertz CT molecular complexity index is 470. The Hall–Kier alpha value is -2.04. The molecule has 0 spiro atoms. The zero-order valence-electron chi connectivity index (χ0n) is 9.73. The van der Waals surface area contributed by atoms with E-state index in [0.717, 1.165) is 5.56 Å². The molecule has 0 bridgehead atoms. The van der Waals surface area contributed by atoms with Crippen LogP contribution in [0.2, 0.25) is 0 Å². The van der Waals surface area contributed by atoms with E-state index in [1.165, 1.54) is 12.0 Å². The van der Waals surface area contributed by atoms with Gasteiger partial charge in [0.05, 0.1) is 14.2 Å². The van der Waals surface area contributed by atoms with Gasteiger partial charge < -0.3 is 14.4 Å². The van der Waals surface area contributed by atoms with Gasteiger partial charge in [-0.15, -0.1) is 0 Å². The number of rotatable bonds is 3. The summed E-state index contributed by atoms with van der Waals surface area (Å²) in [6.07, 6.45) is 0. The molecule has 1 aliphatic heterocycles. The molecule has 17 heavy (non-hydrogen) atoms. The van der Waals surface area contributed by atoms with E-state index in [1.54, 1.807) is 19.2 Å². The van der Waals surface area contributed by atoms with E-state index in [0.29, 0.717) is 17.9 Å². The van der Waals surface area contributed by atoms with Crippen LogP contribution in [-0.4, -0.2) is 37.5 Å². The summed E-state index contributed by atoms with van der Waals surface area (Å²) in [5, 5.41) is 0. The van der Waals surface area contributed by atoms with Crippen molar-refractivity contribution in [3.63, 3.8) is 0 Å². The first-order chi connectivity index (χ1) is 8.15. The molecule has 0 saturated carbocycles. The number of ether oxygens (including phenoxy) is 2. The predicted molar refractivity (Wildman–Crippen MR) is 59.8 cm³/mol. The zero-order chi connectivity index (χ0) is 12.4. The molecule has 0 N–H and O–H groups in total. The van der Waals surface area contributed by atoms with Crippen molar-refractivity contribution in [3.05, 3.63) is 29.3 Å². The number of carbonyl (C=O) groups excluding carboxylic acids is 2. The van der Waals surface area contributed by atoms with Gasteiger partial charge in [0.15, 0.2) is 0 Å². The number of amides is 1. The van der Waals surface area contributed by atoms with Gasteiger partial charge in [-0.25, -0.2) is 0 Å². The molecular weight excluding hydrogens is 222 g/mol. The van der Waals surface area contributed by atoms with Gasteiger partial charge in [0.1, 0.15) is 12.3 Å². The van der Waals surface area contributed by atoms with E-state index in [4.69, 9.17) is 4.74 Å². The third kappa shape index (κ3) is 2.08. The summed E-state index contributed by atoms with van der Waals surface area (Å²) in [7, 11) is 2.88. The predicted octanol–water partition coefficient (Wildman–Crippen LogP) is 0.824. The number of hydrogen-bond donors (Lipinski definition) is 0. The molecule has 5 nitrogen and oxygen atoms in total. The van der Waals surface area contributed by atoms with Crippen LogP contribution in [0.25, 0.3) is 0 Å². The van der Waals surface area contributed by atoms with Gasteiger partial charge in [-0.05, 0) is 23.8 Å². The Morgan fingerprint density at radius 3 is 2.82 bits per heavy atom. The van der Waals surface area contributed by atoms with Gasteiger partial charge in [0, 0.05) is 12.1 Å². The molecule has 1 heterocycles. The van der Waals surface area contributed by atoms with Crippen molar-refractivity contribution in [1.29, 1.82) is 0 Å². The monoisotopic (exact) mass is 235 g/mol. The topological polar surface area (TPSA) is 55.8 Å². The van der Waals surface area contributed by atoms with E-state index in [2.05, 4.69) is 4.74 Å². The van der Waals surface area contributed by atoms with Crippen LogP contribution in [0.1, 0.15) is 15.9 Å². The maximum Gasteiger partial charge on any atom is 0.325 e. The minimum atomic E-state index is -0.418. The Kier molecular flexibility index (Phi) is 2.99. The average Bonchev–Trinajstić information content (AvgIpc) is 2.65. The Labute approximate surface area is 98.9 Å². The number of carbonyl (C=O) groups is 2. The molecule has 0 aromatic heterocycles. The lowest BCUT2D eigenvalue weighted by Gasteiger charge is -2.12. The van der Waals surface area contributed by atoms with Crippen molar-refractivity contribution in [2.45, 2.75) is 6.54 Å². The lowest BCUT2D eigenvalue weighted by Crippen LogP contribution is -2.30. The van der Waals surface area contributed by atoms with Crippen LogP contribution in [0.15, 0.2) is 18.2 Å². The average molecular weight is 235 g/mol. The molecule has 90 valence electrons. The van der Waals surface area contributed by atoms with Crippen LogP contribution in [0, 0.1) is 0 Å². The minimum Gasteiger partial charge on any atom is -0.497 e. The van der Waals surface area contributed by atoms with Gasteiger partial charge in [-0.2, -0.15) is 0 Å². The molecule has 0 saturated heterocycles. The summed E-state index contributed by atoms with van der Waals surface area (Å²) in [6, 6.07) is 5.26. The largest absolute Gasteiger partial charge is 0.497 e. The van der Waals surface area contributed by atoms with Gasteiger partial charge in [-0.1, -0.05) is 0 Å². The second-order valence-electron chi connectivity index (χ2n) is 3.76. The molecule has 1 amide bonds. The Balaban J connectivity index is 2.20. The van der Waals surface area contributed by atoms with E-state index in [-0.39, 0.29) is 12.5 Å². The highest BCUT2D eigenvalue weighted by molar-refractivity contribution is 6.00. The molecule has 0 fully saturated rings. The maximum atomic E-state index is 11.9. The fourth-order valence-electron chi connectivity index (χ4n) is 1.83. The highest BCUT2D eigenvalue weighted by Gasteiger charge is 2.29. The third-order valence-electron chi connectivity index (χ3n) is 2.74. The minimum absolute atomic E-state index is 0.0215. The van der Waals surface area contributed by atoms with Crippen LogP contribution >= 0.6 is 0 Å². The smallest absolute Gasteiger partial charge is 0.325 e. The maximum absolute atomic E-state index is 11.9. The van der Waals surface area contributed by atoms with Gasteiger partial charge in [-0.3, -0.25) is 9.59 Å². The molecule has 5 heteroatoms. The van der Waals surface area contributed by atoms with Crippen LogP contribution in [-0.2, 0) is 16.1 Å². The summed E-state index contributed by atoms with van der Waals surface area (Å²) in [4.78, 5) is 24.5. The number of fused-ring (bicyclic) bond motifs is 1. The van der Waals surface area contributed by atoms with Gasteiger partial charge in [0.2, 0.25) is 0 Å². The molecular formula is C12H13NO4. The SMILES string of the molecule is COC(=O)CN1Cc2cc(OC)ccc2C1=O. The van der Waals surface area contributed by atoms with Gasteiger partial charge >= 0.3 is 5.97 Å². The quantitative estimate of drug-likeness (QED) is 0.728. The van der Waals surface area contributed by atoms with E-state index >= 15 is 0 Å². The van der Waals surface area contributed by atoms with Crippen LogP contribution in [0.3, 0.4) is 0 Å². The lowest BCUT2D eigenvalue weighted by molar-refractivity contribution is -0.141. The standard InChI is InChI=1S/C12H13NO4/c1-16-9-3-4-10-8(5-9)6-13(12(10)15)7-11(14)17-2/h3-5H,6-7H2,1-2H3. The fourth-order valence-corrected chi connectivity index (χ4v) is 1.83. The number of benzene rings is 1. The molecule has 0 radical (unpaired) electrons. The van der Waals surface area contributed by atoms with E-state index in [9.17, 15) is 9.59 Å². The Morgan fingerprint density at radius 2 is 2.18 bits per heavy atom. The number of methoxy groups -OCH3 is 2. The number of esters is 1. The van der Waals surface area contributed by atoms with E-state index < -0.39 is 5.97 Å². The van der Waals surface area contributed by atoms with Crippen LogP contribution in [0.4, 0.5) is 0 Å². The molecule has 0 unspecified atom stereocenters. The summed E-state index contributed by atoms with van der Waals surface area (Å²) in [6.45, 7) is 0.396. The Morgan fingerprint density at radius 1 is 1.41 bits per heavy atom. The van der Waals surface area contributed by atoms with E-state index in [1.807, 2.05) is 6.07 Å². The highest BCUT2D eigenvalue weighted by Crippen LogP contribution is 2.26. The first-order valence-electron chi connectivity index (χ1n) is 5.18. The van der Waals surface area contributed by atoms with Gasteiger partial charge in [0.25, 0.3) is 5.91 Å².